The SMILES string of the molecule is O=S(=O)(N[C@@H]1CCCC[C@H]1O)c1ccc(I)cc1. The van der Waals surface area contributed by atoms with Crippen molar-refractivity contribution in [1.82, 2.24) is 4.72 Å². The molecule has 18 heavy (non-hydrogen) atoms. The molecular weight excluding hydrogens is 365 g/mol. The van der Waals surface area contributed by atoms with E-state index in [0.717, 1.165) is 16.4 Å². The highest BCUT2D eigenvalue weighted by atomic mass is 127. The maximum Gasteiger partial charge on any atom is 0.240 e. The van der Waals surface area contributed by atoms with Crippen LogP contribution >= 0.6 is 22.6 Å². The number of hydrogen-bond donors (Lipinski definition) is 2. The Morgan fingerprint density at radius 2 is 1.78 bits per heavy atom. The van der Waals surface area contributed by atoms with Crippen molar-refractivity contribution < 1.29 is 13.5 Å². The molecule has 100 valence electrons. The Hall–Kier alpha value is -0.180. The normalized spacial score (nSPS) is 25.0. The zero-order valence-corrected chi connectivity index (χ0v) is 12.8. The van der Waals surface area contributed by atoms with Crippen LogP contribution in [0.15, 0.2) is 29.2 Å². The maximum absolute atomic E-state index is 12.1. The smallest absolute Gasteiger partial charge is 0.240 e. The lowest BCUT2D eigenvalue weighted by atomic mass is 9.93. The molecule has 0 aliphatic heterocycles. The van der Waals surface area contributed by atoms with Crippen molar-refractivity contribution in [2.45, 2.75) is 42.7 Å². The average molecular weight is 381 g/mol. The van der Waals surface area contributed by atoms with E-state index in [1.54, 1.807) is 24.3 Å². The Bertz CT molecular complexity index is 501. The first kappa shape index (κ1) is 14.2. The van der Waals surface area contributed by atoms with Gasteiger partial charge in [0.1, 0.15) is 0 Å². The van der Waals surface area contributed by atoms with E-state index in [-0.39, 0.29) is 10.9 Å². The second-order valence-corrected chi connectivity index (χ2v) is 7.49. The van der Waals surface area contributed by atoms with Crippen LogP contribution in [0.25, 0.3) is 0 Å². The number of aliphatic hydroxyl groups is 1. The van der Waals surface area contributed by atoms with E-state index in [4.69, 9.17) is 0 Å². The Morgan fingerprint density at radius 1 is 1.17 bits per heavy atom. The van der Waals surface area contributed by atoms with Crippen LogP contribution in [-0.2, 0) is 10.0 Å². The molecule has 1 aromatic carbocycles. The molecule has 0 bridgehead atoms. The molecule has 0 amide bonds. The Kier molecular flexibility index (Phi) is 4.63. The van der Waals surface area contributed by atoms with Crippen LogP contribution in [0.1, 0.15) is 25.7 Å². The van der Waals surface area contributed by atoms with Gasteiger partial charge in [0.2, 0.25) is 10.0 Å². The number of rotatable bonds is 3. The lowest BCUT2D eigenvalue weighted by Gasteiger charge is -2.28. The molecule has 4 nitrogen and oxygen atoms in total. The van der Waals surface area contributed by atoms with Crippen molar-refractivity contribution in [1.29, 1.82) is 0 Å². The number of halogens is 1. The summed E-state index contributed by atoms with van der Waals surface area (Å²) in [5.74, 6) is 0. The molecule has 0 unspecified atom stereocenters. The molecule has 1 fully saturated rings. The molecule has 1 aromatic rings. The predicted octanol–water partition coefficient (Wildman–Crippen LogP) is 1.87. The van der Waals surface area contributed by atoms with Gasteiger partial charge in [0, 0.05) is 9.61 Å². The third-order valence-corrected chi connectivity index (χ3v) is 5.38. The van der Waals surface area contributed by atoms with Gasteiger partial charge in [0.05, 0.1) is 11.0 Å². The van der Waals surface area contributed by atoms with E-state index >= 15 is 0 Å². The van der Waals surface area contributed by atoms with Gasteiger partial charge in [0.25, 0.3) is 0 Å². The van der Waals surface area contributed by atoms with E-state index in [1.807, 2.05) is 0 Å². The van der Waals surface area contributed by atoms with Crippen molar-refractivity contribution in [3.05, 3.63) is 27.8 Å². The molecule has 0 aromatic heterocycles. The van der Waals surface area contributed by atoms with E-state index in [1.165, 1.54) is 0 Å². The van der Waals surface area contributed by atoms with Crippen molar-refractivity contribution in [2.24, 2.45) is 0 Å². The zero-order valence-electron chi connectivity index (χ0n) is 9.84. The number of benzene rings is 1. The van der Waals surface area contributed by atoms with Gasteiger partial charge < -0.3 is 5.11 Å². The predicted molar refractivity (Wildman–Crippen MR) is 77.7 cm³/mol. The van der Waals surface area contributed by atoms with E-state index in [2.05, 4.69) is 27.3 Å². The zero-order chi connectivity index (χ0) is 13.2. The minimum atomic E-state index is -3.52. The number of hydrogen-bond acceptors (Lipinski definition) is 3. The van der Waals surface area contributed by atoms with Crippen LogP contribution in [0.4, 0.5) is 0 Å². The minimum Gasteiger partial charge on any atom is -0.391 e. The standard InChI is InChI=1S/C12H16INO3S/c13-9-5-7-10(8-6-9)18(16,17)14-11-3-1-2-4-12(11)15/h5-8,11-12,14-15H,1-4H2/t11-,12-/m1/s1. The van der Waals surface area contributed by atoms with Crippen LogP contribution < -0.4 is 4.72 Å². The molecule has 0 heterocycles. The van der Waals surface area contributed by atoms with Gasteiger partial charge in [-0.25, -0.2) is 13.1 Å². The van der Waals surface area contributed by atoms with Crippen molar-refractivity contribution in [3.8, 4) is 0 Å². The molecule has 2 rings (SSSR count). The monoisotopic (exact) mass is 381 g/mol. The van der Waals surface area contributed by atoms with Gasteiger partial charge in [-0.2, -0.15) is 0 Å². The largest absolute Gasteiger partial charge is 0.391 e. The Labute approximate surface area is 121 Å². The fourth-order valence-electron chi connectivity index (χ4n) is 2.13. The van der Waals surface area contributed by atoms with Crippen LogP contribution in [0.3, 0.4) is 0 Å². The van der Waals surface area contributed by atoms with E-state index in [0.29, 0.717) is 12.8 Å². The fraction of sp³-hybridized carbons (Fsp3) is 0.500. The highest BCUT2D eigenvalue weighted by molar-refractivity contribution is 14.1. The van der Waals surface area contributed by atoms with Crippen molar-refractivity contribution >= 4 is 32.6 Å². The topological polar surface area (TPSA) is 66.4 Å². The van der Waals surface area contributed by atoms with Gasteiger partial charge in [-0.1, -0.05) is 12.8 Å². The van der Waals surface area contributed by atoms with Crippen LogP contribution in [0.5, 0.6) is 0 Å². The summed E-state index contributed by atoms with van der Waals surface area (Å²) >= 11 is 2.13. The summed E-state index contributed by atoms with van der Waals surface area (Å²) in [5.41, 5.74) is 0. The lowest BCUT2D eigenvalue weighted by Crippen LogP contribution is -2.44. The molecule has 2 N–H and O–H groups in total. The summed E-state index contributed by atoms with van der Waals surface area (Å²) < 4.78 is 27.9. The van der Waals surface area contributed by atoms with Gasteiger partial charge in [-0.05, 0) is 59.7 Å². The number of sulfonamides is 1. The first-order valence-corrected chi connectivity index (χ1v) is 8.51. The molecular formula is C12H16INO3S. The van der Waals surface area contributed by atoms with Crippen LogP contribution in [-0.4, -0.2) is 25.7 Å². The fourth-order valence-corrected chi connectivity index (χ4v) is 3.79. The number of nitrogens with one attached hydrogen (secondary N) is 1. The quantitative estimate of drug-likeness (QED) is 0.786. The third-order valence-electron chi connectivity index (χ3n) is 3.16. The van der Waals surface area contributed by atoms with Gasteiger partial charge in [-0.15, -0.1) is 0 Å². The summed E-state index contributed by atoms with van der Waals surface area (Å²) in [4.78, 5) is 0.251. The van der Waals surface area contributed by atoms with Gasteiger partial charge in [0.15, 0.2) is 0 Å². The second-order valence-electron chi connectivity index (χ2n) is 4.53. The molecule has 1 aliphatic rings. The third kappa shape index (κ3) is 3.43. The maximum atomic E-state index is 12.1. The van der Waals surface area contributed by atoms with E-state index < -0.39 is 16.1 Å². The minimum absolute atomic E-state index is 0.251. The summed E-state index contributed by atoms with van der Waals surface area (Å²) in [6.45, 7) is 0. The Balaban J connectivity index is 2.13. The molecule has 0 radical (unpaired) electrons. The van der Waals surface area contributed by atoms with Gasteiger partial charge in [-0.3, -0.25) is 0 Å². The van der Waals surface area contributed by atoms with Crippen LogP contribution in [0.2, 0.25) is 0 Å². The van der Waals surface area contributed by atoms with Gasteiger partial charge >= 0.3 is 0 Å². The highest BCUT2D eigenvalue weighted by Crippen LogP contribution is 2.21. The molecule has 6 heteroatoms. The summed E-state index contributed by atoms with van der Waals surface area (Å²) in [7, 11) is -3.52. The average Bonchev–Trinajstić information content (AvgIpc) is 2.32. The second kappa shape index (κ2) is 5.85. The molecule has 0 spiro atoms. The molecule has 1 aliphatic carbocycles. The van der Waals surface area contributed by atoms with Crippen LogP contribution in [0, 0.1) is 3.57 Å². The lowest BCUT2D eigenvalue weighted by molar-refractivity contribution is 0.101. The molecule has 2 atom stereocenters. The molecule has 1 saturated carbocycles. The van der Waals surface area contributed by atoms with E-state index in [9.17, 15) is 13.5 Å². The first-order chi connectivity index (χ1) is 8.49. The number of aliphatic hydroxyl groups excluding tert-OH is 1. The van der Waals surface area contributed by atoms with Crippen molar-refractivity contribution in [2.75, 3.05) is 0 Å². The summed E-state index contributed by atoms with van der Waals surface area (Å²) in [6, 6.07) is 6.32. The Morgan fingerprint density at radius 3 is 2.39 bits per heavy atom. The van der Waals surface area contributed by atoms with Crippen molar-refractivity contribution in [3.63, 3.8) is 0 Å². The first-order valence-electron chi connectivity index (χ1n) is 5.95. The molecule has 0 saturated heterocycles. The highest BCUT2D eigenvalue weighted by Gasteiger charge is 2.27. The summed E-state index contributed by atoms with van der Waals surface area (Å²) in [5, 5.41) is 9.80. The summed E-state index contributed by atoms with van der Waals surface area (Å²) in [6.07, 6.45) is 2.71.